The number of nitriles is 1. The minimum Gasteiger partial charge on any atom is -0.480 e. The first-order chi connectivity index (χ1) is 14.9. The normalized spacial score (nSPS) is 18.7. The van der Waals surface area contributed by atoms with Gasteiger partial charge in [-0.25, -0.2) is 4.98 Å². The third-order valence-electron chi connectivity index (χ3n) is 5.55. The van der Waals surface area contributed by atoms with Gasteiger partial charge in [-0.3, -0.25) is 4.79 Å². The number of nitrogens with zero attached hydrogens (tertiary/aromatic N) is 3. The molecule has 2 aliphatic rings. The fourth-order valence-corrected chi connectivity index (χ4v) is 5.01. The van der Waals surface area contributed by atoms with E-state index in [0.717, 1.165) is 28.7 Å². The molecule has 0 saturated carbocycles. The van der Waals surface area contributed by atoms with Gasteiger partial charge >= 0.3 is 5.97 Å². The lowest BCUT2D eigenvalue weighted by Gasteiger charge is -2.37. The van der Waals surface area contributed by atoms with Crippen molar-refractivity contribution in [3.05, 3.63) is 52.6 Å². The summed E-state index contributed by atoms with van der Waals surface area (Å²) in [5, 5.41) is 19.6. The van der Waals surface area contributed by atoms with Crippen molar-refractivity contribution < 1.29 is 19.4 Å². The number of carboxylic acids is 1. The Labute approximate surface area is 186 Å². The standard InChI is InChI=1S/C23H25N3O4S/c1-23(2)12-16-17(13-24)21(31-19(22(27)28)15-6-4-3-5-7-15)25-20(18(16)14-30-23)26-8-10-29-11-9-26/h3-7,19H,8-12,14H2,1-2H3,(H,27,28)/t19-/m0/s1. The van der Waals surface area contributed by atoms with Crippen LogP contribution in [0.1, 0.15) is 41.4 Å². The molecule has 31 heavy (non-hydrogen) atoms. The molecule has 7 nitrogen and oxygen atoms in total. The minimum absolute atomic E-state index is 0.378. The molecular formula is C23H25N3O4S. The van der Waals surface area contributed by atoms with Crippen molar-refractivity contribution in [3.63, 3.8) is 0 Å². The first-order valence-corrected chi connectivity index (χ1v) is 11.1. The summed E-state index contributed by atoms with van der Waals surface area (Å²) in [7, 11) is 0. The third kappa shape index (κ3) is 4.54. The summed E-state index contributed by atoms with van der Waals surface area (Å²) >= 11 is 1.12. The number of anilines is 1. The second-order valence-corrected chi connectivity index (χ2v) is 9.35. The van der Waals surface area contributed by atoms with Crippen LogP contribution in [0.25, 0.3) is 0 Å². The van der Waals surface area contributed by atoms with Crippen LogP contribution in [0.2, 0.25) is 0 Å². The molecule has 1 N–H and O–H groups in total. The van der Waals surface area contributed by atoms with E-state index in [1.54, 1.807) is 12.1 Å². The Balaban J connectivity index is 1.83. The molecular weight excluding hydrogens is 414 g/mol. The van der Waals surface area contributed by atoms with Crippen molar-refractivity contribution in [1.82, 2.24) is 4.98 Å². The van der Waals surface area contributed by atoms with E-state index < -0.39 is 16.8 Å². The second kappa shape index (κ2) is 8.87. The molecule has 0 spiro atoms. The van der Waals surface area contributed by atoms with Gasteiger partial charge in [0.25, 0.3) is 0 Å². The lowest BCUT2D eigenvalue weighted by molar-refractivity contribution is -0.136. The average Bonchev–Trinajstić information content (AvgIpc) is 2.77. The van der Waals surface area contributed by atoms with E-state index in [9.17, 15) is 15.2 Å². The molecule has 0 bridgehead atoms. The number of fused-ring (bicyclic) bond motifs is 1. The van der Waals surface area contributed by atoms with E-state index in [1.807, 2.05) is 32.0 Å². The monoisotopic (exact) mass is 439 g/mol. The van der Waals surface area contributed by atoms with Crippen LogP contribution in [-0.2, 0) is 27.3 Å². The van der Waals surface area contributed by atoms with Gasteiger partial charge in [0.2, 0.25) is 0 Å². The molecule has 2 aromatic rings. The van der Waals surface area contributed by atoms with Gasteiger partial charge in [-0.1, -0.05) is 42.1 Å². The summed E-state index contributed by atoms with van der Waals surface area (Å²) in [5.74, 6) is -0.191. The Bertz CT molecular complexity index is 1010. The maximum absolute atomic E-state index is 12.1. The molecule has 0 aliphatic carbocycles. The van der Waals surface area contributed by atoms with Gasteiger partial charge in [0, 0.05) is 25.1 Å². The fraction of sp³-hybridized carbons (Fsp3) is 0.435. The zero-order valence-corrected chi connectivity index (χ0v) is 18.4. The minimum atomic E-state index is -0.962. The molecule has 1 atom stereocenters. The molecule has 1 aromatic carbocycles. The third-order valence-corrected chi connectivity index (χ3v) is 6.77. The summed E-state index contributed by atoms with van der Waals surface area (Å²) in [5.41, 5.74) is 2.55. The first kappa shape index (κ1) is 21.6. The molecule has 3 heterocycles. The van der Waals surface area contributed by atoms with Gasteiger partial charge in [-0.05, 0) is 25.0 Å². The van der Waals surface area contributed by atoms with E-state index >= 15 is 0 Å². The molecule has 1 fully saturated rings. The Morgan fingerprint density at radius 3 is 2.61 bits per heavy atom. The first-order valence-electron chi connectivity index (χ1n) is 10.3. The Morgan fingerprint density at radius 1 is 1.26 bits per heavy atom. The highest BCUT2D eigenvalue weighted by atomic mass is 32.2. The number of thioether (sulfide) groups is 1. The highest BCUT2D eigenvalue weighted by molar-refractivity contribution is 8.00. The number of ether oxygens (including phenoxy) is 2. The number of rotatable bonds is 5. The molecule has 8 heteroatoms. The van der Waals surface area contributed by atoms with Gasteiger partial charge in [-0.2, -0.15) is 5.26 Å². The number of carbonyl (C=O) groups is 1. The number of hydrogen-bond donors (Lipinski definition) is 1. The highest BCUT2D eigenvalue weighted by Gasteiger charge is 2.35. The molecule has 4 rings (SSSR count). The highest BCUT2D eigenvalue weighted by Crippen LogP contribution is 2.42. The molecule has 1 aromatic heterocycles. The largest absolute Gasteiger partial charge is 0.480 e. The van der Waals surface area contributed by atoms with Gasteiger partial charge in [0.05, 0.1) is 31.0 Å². The fourth-order valence-electron chi connectivity index (χ4n) is 3.96. The number of carboxylic acid groups (broad SMARTS) is 1. The SMILES string of the molecule is CC1(C)Cc2c(C#N)c(S[C@H](C(=O)O)c3ccccc3)nc(N3CCOCC3)c2CO1. The summed E-state index contributed by atoms with van der Waals surface area (Å²) in [6, 6.07) is 11.4. The van der Waals surface area contributed by atoms with E-state index in [2.05, 4.69) is 11.0 Å². The quantitative estimate of drug-likeness (QED) is 0.707. The zero-order valence-electron chi connectivity index (χ0n) is 17.6. The van der Waals surface area contributed by atoms with Crippen LogP contribution < -0.4 is 4.90 Å². The summed E-state index contributed by atoms with van der Waals surface area (Å²) < 4.78 is 11.5. The number of pyridine rings is 1. The van der Waals surface area contributed by atoms with E-state index in [4.69, 9.17) is 14.5 Å². The predicted molar refractivity (Wildman–Crippen MR) is 117 cm³/mol. The molecule has 0 unspecified atom stereocenters. The maximum Gasteiger partial charge on any atom is 0.321 e. The van der Waals surface area contributed by atoms with Gasteiger partial charge in [0.15, 0.2) is 0 Å². The lowest BCUT2D eigenvalue weighted by Crippen LogP contribution is -2.39. The number of aromatic nitrogens is 1. The van der Waals surface area contributed by atoms with Crippen molar-refractivity contribution in [2.75, 3.05) is 31.2 Å². The smallest absolute Gasteiger partial charge is 0.321 e. The van der Waals surface area contributed by atoms with Gasteiger partial charge in [0.1, 0.15) is 22.2 Å². The molecule has 0 amide bonds. The Morgan fingerprint density at radius 2 is 1.97 bits per heavy atom. The van der Waals surface area contributed by atoms with Crippen molar-refractivity contribution in [2.24, 2.45) is 0 Å². The molecule has 0 radical (unpaired) electrons. The van der Waals surface area contributed by atoms with Crippen LogP contribution in [0.4, 0.5) is 5.82 Å². The topological polar surface area (TPSA) is 95.7 Å². The second-order valence-electron chi connectivity index (χ2n) is 8.26. The van der Waals surface area contributed by atoms with Crippen molar-refractivity contribution in [3.8, 4) is 6.07 Å². The lowest BCUT2D eigenvalue weighted by atomic mass is 9.89. The number of hydrogen-bond acceptors (Lipinski definition) is 7. The van der Waals surface area contributed by atoms with Crippen LogP contribution in [-0.4, -0.2) is 48.0 Å². The van der Waals surface area contributed by atoms with Crippen LogP contribution >= 0.6 is 11.8 Å². The van der Waals surface area contributed by atoms with Gasteiger partial charge < -0.3 is 19.5 Å². The average molecular weight is 440 g/mol. The maximum atomic E-state index is 12.1. The predicted octanol–water partition coefficient (Wildman–Crippen LogP) is 3.56. The van der Waals surface area contributed by atoms with Crippen molar-refractivity contribution >= 4 is 23.5 Å². The van der Waals surface area contributed by atoms with E-state index in [1.165, 1.54) is 0 Å². The van der Waals surface area contributed by atoms with E-state index in [0.29, 0.717) is 55.5 Å². The van der Waals surface area contributed by atoms with Crippen LogP contribution in [0.5, 0.6) is 0 Å². The summed E-state index contributed by atoms with van der Waals surface area (Å²) in [4.78, 5) is 19.1. The Hall–Kier alpha value is -2.60. The van der Waals surface area contributed by atoms with Crippen LogP contribution in [0, 0.1) is 11.3 Å². The van der Waals surface area contributed by atoms with E-state index in [-0.39, 0.29) is 0 Å². The van der Waals surface area contributed by atoms with Crippen LogP contribution in [0.3, 0.4) is 0 Å². The van der Waals surface area contributed by atoms with Crippen molar-refractivity contribution in [1.29, 1.82) is 5.26 Å². The van der Waals surface area contributed by atoms with Crippen LogP contribution in [0.15, 0.2) is 35.4 Å². The molecule has 2 aliphatic heterocycles. The number of morpholine rings is 1. The molecule has 1 saturated heterocycles. The van der Waals surface area contributed by atoms with Crippen molar-refractivity contribution in [2.45, 2.75) is 42.8 Å². The van der Waals surface area contributed by atoms with Gasteiger partial charge in [-0.15, -0.1) is 0 Å². The Kier molecular flexibility index (Phi) is 6.19. The molecule has 162 valence electrons. The number of aliphatic carboxylic acids is 1. The summed E-state index contributed by atoms with van der Waals surface area (Å²) in [6.45, 7) is 6.98. The number of benzene rings is 1. The zero-order chi connectivity index (χ0) is 22.0. The summed E-state index contributed by atoms with van der Waals surface area (Å²) in [6.07, 6.45) is 0.571.